The summed E-state index contributed by atoms with van der Waals surface area (Å²) >= 11 is 0. The molecule has 3 nitrogen and oxygen atoms in total. The van der Waals surface area contributed by atoms with E-state index in [9.17, 15) is 4.79 Å². The average molecular weight is 234 g/mol. The summed E-state index contributed by atoms with van der Waals surface area (Å²) in [6, 6.07) is 9.40. The average Bonchev–Trinajstić information content (AvgIpc) is 2.25. The van der Waals surface area contributed by atoms with Crippen LogP contribution in [-0.2, 0) is 4.79 Å². The number of nitrogens with one attached hydrogen (secondary N) is 1. The second-order valence-corrected chi connectivity index (χ2v) is 5.00. The Morgan fingerprint density at radius 1 is 1.24 bits per heavy atom. The van der Waals surface area contributed by atoms with Gasteiger partial charge in [-0.25, -0.2) is 0 Å². The van der Waals surface area contributed by atoms with Crippen molar-refractivity contribution in [3.8, 4) is 0 Å². The Hall–Kier alpha value is -1.51. The van der Waals surface area contributed by atoms with Crippen LogP contribution in [0.5, 0.6) is 0 Å². The number of primary amides is 1. The van der Waals surface area contributed by atoms with Crippen molar-refractivity contribution in [1.82, 2.24) is 0 Å². The highest BCUT2D eigenvalue weighted by molar-refractivity contribution is 5.83. The Balaban J connectivity index is 2.70. The fourth-order valence-corrected chi connectivity index (χ4v) is 2.09. The van der Waals surface area contributed by atoms with Crippen LogP contribution in [0.4, 0.5) is 5.69 Å². The Morgan fingerprint density at radius 3 is 2.29 bits per heavy atom. The molecule has 2 unspecified atom stereocenters. The molecule has 1 aromatic carbocycles. The van der Waals surface area contributed by atoms with Gasteiger partial charge in [0.1, 0.15) is 6.04 Å². The number of amides is 1. The third-order valence-corrected chi connectivity index (χ3v) is 2.81. The minimum atomic E-state index is -0.306. The van der Waals surface area contributed by atoms with Gasteiger partial charge in [0.05, 0.1) is 0 Å². The van der Waals surface area contributed by atoms with Crippen molar-refractivity contribution in [1.29, 1.82) is 0 Å². The number of carbonyl (C=O) groups excluding carboxylic acids is 1. The van der Waals surface area contributed by atoms with Crippen molar-refractivity contribution in [2.24, 2.45) is 17.6 Å². The second-order valence-electron chi connectivity index (χ2n) is 5.00. The molecule has 3 N–H and O–H groups in total. The van der Waals surface area contributed by atoms with Gasteiger partial charge in [-0.3, -0.25) is 4.79 Å². The minimum Gasteiger partial charge on any atom is -0.373 e. The van der Waals surface area contributed by atoms with E-state index in [0.29, 0.717) is 5.92 Å². The second kappa shape index (κ2) is 6.28. The van der Waals surface area contributed by atoms with Gasteiger partial charge >= 0.3 is 0 Å². The highest BCUT2D eigenvalue weighted by Crippen LogP contribution is 2.18. The van der Waals surface area contributed by atoms with Gasteiger partial charge in [-0.15, -0.1) is 0 Å². The first-order valence-corrected chi connectivity index (χ1v) is 6.11. The van der Waals surface area contributed by atoms with Crippen LogP contribution in [0.15, 0.2) is 30.3 Å². The first-order chi connectivity index (χ1) is 8.00. The quantitative estimate of drug-likeness (QED) is 0.795. The van der Waals surface area contributed by atoms with E-state index < -0.39 is 0 Å². The van der Waals surface area contributed by atoms with Gasteiger partial charge in [-0.05, 0) is 30.4 Å². The lowest BCUT2D eigenvalue weighted by molar-refractivity contribution is -0.119. The van der Waals surface area contributed by atoms with Crippen LogP contribution in [0.3, 0.4) is 0 Å². The van der Waals surface area contributed by atoms with Crippen molar-refractivity contribution < 1.29 is 4.79 Å². The molecule has 0 bridgehead atoms. The Bertz CT molecular complexity index is 348. The number of rotatable bonds is 6. The molecule has 0 spiro atoms. The number of anilines is 1. The zero-order chi connectivity index (χ0) is 12.8. The molecular weight excluding hydrogens is 212 g/mol. The lowest BCUT2D eigenvalue weighted by Crippen LogP contribution is -2.41. The van der Waals surface area contributed by atoms with Crippen LogP contribution in [0, 0.1) is 11.8 Å². The predicted molar refractivity (Wildman–Crippen MR) is 71.7 cm³/mol. The van der Waals surface area contributed by atoms with Crippen molar-refractivity contribution in [2.45, 2.75) is 33.2 Å². The molecule has 3 heteroatoms. The smallest absolute Gasteiger partial charge is 0.240 e. The summed E-state index contributed by atoms with van der Waals surface area (Å²) in [5.74, 6) is 0.499. The van der Waals surface area contributed by atoms with Gasteiger partial charge < -0.3 is 11.1 Å². The molecular formula is C14H22N2O. The molecule has 0 aliphatic rings. The minimum absolute atomic E-state index is 0.229. The van der Waals surface area contributed by atoms with Gasteiger partial charge in [0.15, 0.2) is 0 Å². The lowest BCUT2D eigenvalue weighted by atomic mass is 9.91. The van der Waals surface area contributed by atoms with Crippen LogP contribution < -0.4 is 11.1 Å². The zero-order valence-electron chi connectivity index (χ0n) is 10.8. The number of benzene rings is 1. The van der Waals surface area contributed by atoms with Crippen LogP contribution in [0.2, 0.25) is 0 Å². The lowest BCUT2D eigenvalue weighted by Gasteiger charge is -2.24. The van der Waals surface area contributed by atoms with Gasteiger partial charge in [-0.1, -0.05) is 39.0 Å². The highest BCUT2D eigenvalue weighted by Gasteiger charge is 2.23. The molecule has 0 aliphatic heterocycles. The number of carbonyl (C=O) groups is 1. The van der Waals surface area contributed by atoms with Crippen LogP contribution in [0.25, 0.3) is 0 Å². The summed E-state index contributed by atoms with van der Waals surface area (Å²) in [5.41, 5.74) is 6.40. The van der Waals surface area contributed by atoms with Gasteiger partial charge in [-0.2, -0.15) is 0 Å². The molecule has 0 aromatic heterocycles. The maximum Gasteiger partial charge on any atom is 0.240 e. The molecule has 0 fully saturated rings. The Kier molecular flexibility index (Phi) is 5.01. The highest BCUT2D eigenvalue weighted by atomic mass is 16.1. The summed E-state index contributed by atoms with van der Waals surface area (Å²) in [6.45, 7) is 6.36. The molecule has 1 amide bonds. The maximum absolute atomic E-state index is 11.5. The number of para-hydroxylation sites is 1. The monoisotopic (exact) mass is 234 g/mol. The summed E-state index contributed by atoms with van der Waals surface area (Å²) in [4.78, 5) is 11.5. The fourth-order valence-electron chi connectivity index (χ4n) is 2.09. The molecule has 17 heavy (non-hydrogen) atoms. The summed E-state index contributed by atoms with van der Waals surface area (Å²) in [6.07, 6.45) is 0.980. The van der Waals surface area contributed by atoms with Gasteiger partial charge in [0.25, 0.3) is 0 Å². The summed E-state index contributed by atoms with van der Waals surface area (Å²) < 4.78 is 0. The number of hydrogen-bond donors (Lipinski definition) is 2. The van der Waals surface area contributed by atoms with E-state index in [1.165, 1.54) is 0 Å². The Labute approximate surface area is 103 Å². The molecule has 0 aliphatic carbocycles. The number of nitrogens with two attached hydrogens (primary N) is 1. The van der Waals surface area contributed by atoms with E-state index in [-0.39, 0.29) is 17.9 Å². The first kappa shape index (κ1) is 13.6. The van der Waals surface area contributed by atoms with E-state index in [0.717, 1.165) is 12.1 Å². The first-order valence-electron chi connectivity index (χ1n) is 6.11. The molecule has 2 atom stereocenters. The van der Waals surface area contributed by atoms with Crippen molar-refractivity contribution in [2.75, 3.05) is 5.32 Å². The van der Waals surface area contributed by atoms with Crippen LogP contribution in [0.1, 0.15) is 27.2 Å². The third-order valence-electron chi connectivity index (χ3n) is 2.81. The molecule has 94 valence electrons. The standard InChI is InChI=1S/C14H22N2O/c1-10(2)9-11(3)13(14(15)17)16-12-7-5-4-6-8-12/h4-8,10-11,13,16H,9H2,1-3H3,(H2,15,17). The summed E-state index contributed by atoms with van der Waals surface area (Å²) in [7, 11) is 0. The molecule has 0 heterocycles. The van der Waals surface area contributed by atoms with E-state index in [1.807, 2.05) is 30.3 Å². The van der Waals surface area contributed by atoms with E-state index in [4.69, 9.17) is 5.73 Å². The SMILES string of the molecule is CC(C)CC(C)C(Nc1ccccc1)C(N)=O. The topological polar surface area (TPSA) is 55.1 Å². The van der Waals surface area contributed by atoms with Crippen LogP contribution in [-0.4, -0.2) is 11.9 Å². The summed E-state index contributed by atoms with van der Waals surface area (Å²) in [5, 5.41) is 3.21. The third kappa shape index (κ3) is 4.47. The molecule has 0 saturated carbocycles. The van der Waals surface area contributed by atoms with E-state index in [2.05, 4.69) is 26.1 Å². The van der Waals surface area contributed by atoms with Gasteiger partial charge in [0, 0.05) is 5.69 Å². The van der Waals surface area contributed by atoms with Gasteiger partial charge in [0.2, 0.25) is 5.91 Å². The van der Waals surface area contributed by atoms with Crippen molar-refractivity contribution in [3.05, 3.63) is 30.3 Å². The molecule has 1 rings (SSSR count). The van der Waals surface area contributed by atoms with E-state index in [1.54, 1.807) is 0 Å². The maximum atomic E-state index is 11.5. The fraction of sp³-hybridized carbons (Fsp3) is 0.500. The molecule has 1 aromatic rings. The van der Waals surface area contributed by atoms with E-state index >= 15 is 0 Å². The zero-order valence-corrected chi connectivity index (χ0v) is 10.8. The number of hydrogen-bond acceptors (Lipinski definition) is 2. The Morgan fingerprint density at radius 2 is 1.82 bits per heavy atom. The molecule has 0 radical (unpaired) electrons. The molecule has 0 saturated heterocycles. The normalized spacial score (nSPS) is 14.4. The van der Waals surface area contributed by atoms with Crippen molar-refractivity contribution >= 4 is 11.6 Å². The van der Waals surface area contributed by atoms with Crippen LogP contribution >= 0.6 is 0 Å². The predicted octanol–water partition coefficient (Wildman–Crippen LogP) is 2.63. The van der Waals surface area contributed by atoms with Crippen molar-refractivity contribution in [3.63, 3.8) is 0 Å². The largest absolute Gasteiger partial charge is 0.373 e.